The lowest BCUT2D eigenvalue weighted by Crippen LogP contribution is -2.46. The fourth-order valence-corrected chi connectivity index (χ4v) is 5.24. The zero-order valence-electron chi connectivity index (χ0n) is 18.4. The predicted octanol–water partition coefficient (Wildman–Crippen LogP) is 0.465. The minimum absolute atomic E-state index is 0.00217. The summed E-state index contributed by atoms with van der Waals surface area (Å²) in [5.74, 6) is -1.12. The van der Waals surface area contributed by atoms with E-state index in [9.17, 15) is 26.4 Å². The Kier molecular flexibility index (Phi) is 8.93. The number of carbonyl (C=O) groups excluding carboxylic acids is 2. The Morgan fingerprint density at radius 2 is 1.55 bits per heavy atom. The molecule has 0 aliphatic rings. The summed E-state index contributed by atoms with van der Waals surface area (Å²) in [7, 11) is -6.27. The molecule has 0 aromatic heterocycles. The van der Waals surface area contributed by atoms with Crippen molar-refractivity contribution in [3.63, 3.8) is 0 Å². The van der Waals surface area contributed by atoms with Crippen molar-refractivity contribution < 1.29 is 31.2 Å². The van der Waals surface area contributed by atoms with Gasteiger partial charge in [0.15, 0.2) is 0 Å². The number of nitrogens with one attached hydrogen (secondary N) is 3. The lowest BCUT2D eigenvalue weighted by atomic mass is 10.2. The zero-order chi connectivity index (χ0) is 24.6. The molecule has 0 spiro atoms. The van der Waals surface area contributed by atoms with Crippen molar-refractivity contribution >= 4 is 31.9 Å². The molecule has 0 saturated heterocycles. The van der Waals surface area contributed by atoms with Gasteiger partial charge in [-0.15, -0.1) is 0 Å². The summed E-state index contributed by atoms with van der Waals surface area (Å²) < 4.78 is 58.1. The number of rotatable bonds is 10. The molecule has 0 radical (unpaired) electrons. The molecule has 0 heterocycles. The Morgan fingerprint density at radius 3 is 2.12 bits per heavy atom. The van der Waals surface area contributed by atoms with E-state index in [2.05, 4.69) is 15.6 Å². The summed E-state index contributed by atoms with van der Waals surface area (Å²) in [6.45, 7) is 3.33. The molecule has 0 atom stereocenters. The van der Waals surface area contributed by atoms with Gasteiger partial charge in [0.25, 0.3) is 11.8 Å². The van der Waals surface area contributed by atoms with E-state index in [1.54, 1.807) is 13.8 Å². The third-order valence-corrected chi connectivity index (χ3v) is 8.01. The minimum Gasteiger partial charge on any atom is -0.497 e. The van der Waals surface area contributed by atoms with Gasteiger partial charge in [-0.2, -0.15) is 4.31 Å². The topological polar surface area (TPSA) is 151 Å². The van der Waals surface area contributed by atoms with Crippen LogP contribution in [-0.4, -0.2) is 59.7 Å². The van der Waals surface area contributed by atoms with Gasteiger partial charge in [-0.3, -0.25) is 20.4 Å². The van der Waals surface area contributed by atoms with Gasteiger partial charge in [0.2, 0.25) is 20.0 Å². The van der Waals surface area contributed by atoms with E-state index in [1.165, 1.54) is 59.9 Å². The van der Waals surface area contributed by atoms with E-state index in [1.807, 2.05) is 0 Å². The number of hydrogen-bond acceptors (Lipinski definition) is 7. The summed E-state index contributed by atoms with van der Waals surface area (Å²) in [5, 5.41) is 0. The van der Waals surface area contributed by atoms with Crippen LogP contribution >= 0.6 is 0 Å². The van der Waals surface area contributed by atoms with Crippen molar-refractivity contribution in [1.29, 1.82) is 0 Å². The second-order valence-electron chi connectivity index (χ2n) is 6.62. The van der Waals surface area contributed by atoms with Crippen molar-refractivity contribution in [2.75, 3.05) is 26.7 Å². The van der Waals surface area contributed by atoms with Gasteiger partial charge in [-0.05, 0) is 42.5 Å². The summed E-state index contributed by atoms with van der Waals surface area (Å²) >= 11 is 0. The van der Waals surface area contributed by atoms with Crippen LogP contribution < -0.4 is 20.3 Å². The fourth-order valence-electron chi connectivity index (χ4n) is 2.75. The number of carbonyl (C=O) groups is 2. The highest BCUT2D eigenvalue weighted by molar-refractivity contribution is 7.89. The Bertz CT molecular complexity index is 1190. The average Bonchev–Trinajstić information content (AvgIpc) is 2.82. The van der Waals surface area contributed by atoms with Crippen molar-refractivity contribution in [3.8, 4) is 5.75 Å². The first-order valence-electron chi connectivity index (χ1n) is 9.88. The highest BCUT2D eigenvalue weighted by atomic mass is 32.2. The van der Waals surface area contributed by atoms with Gasteiger partial charge in [-0.25, -0.2) is 21.6 Å². The van der Waals surface area contributed by atoms with Crippen molar-refractivity contribution in [2.24, 2.45) is 0 Å². The molecule has 0 bridgehead atoms. The molecule has 2 aromatic carbocycles. The lowest BCUT2D eigenvalue weighted by molar-refractivity contribution is -0.120. The van der Waals surface area contributed by atoms with E-state index >= 15 is 0 Å². The molecule has 0 saturated carbocycles. The van der Waals surface area contributed by atoms with Gasteiger partial charge in [-0.1, -0.05) is 19.9 Å². The molecular formula is C20H26N4O7S2. The highest BCUT2D eigenvalue weighted by Crippen LogP contribution is 2.17. The lowest BCUT2D eigenvalue weighted by Gasteiger charge is -2.18. The summed E-state index contributed by atoms with van der Waals surface area (Å²) in [4.78, 5) is 24.2. The van der Waals surface area contributed by atoms with Crippen LogP contribution in [0.15, 0.2) is 58.3 Å². The van der Waals surface area contributed by atoms with Gasteiger partial charge in [0, 0.05) is 18.7 Å². The van der Waals surface area contributed by atoms with E-state index < -0.39 is 38.4 Å². The number of nitrogens with zero attached hydrogens (tertiary/aromatic N) is 1. The average molecular weight is 499 g/mol. The number of amides is 2. The summed E-state index contributed by atoms with van der Waals surface area (Å²) in [5.41, 5.74) is 4.21. The van der Waals surface area contributed by atoms with E-state index in [4.69, 9.17) is 4.74 Å². The van der Waals surface area contributed by atoms with Gasteiger partial charge in [0.1, 0.15) is 5.75 Å². The first-order valence-corrected chi connectivity index (χ1v) is 12.8. The molecular weight excluding hydrogens is 472 g/mol. The fraction of sp³-hybridized carbons (Fsp3) is 0.300. The maximum absolute atomic E-state index is 12.6. The largest absolute Gasteiger partial charge is 0.497 e. The monoisotopic (exact) mass is 498 g/mol. The number of hydrazine groups is 1. The molecule has 2 amide bonds. The zero-order valence-corrected chi connectivity index (χ0v) is 20.0. The van der Waals surface area contributed by atoms with Crippen LogP contribution in [0.25, 0.3) is 0 Å². The summed E-state index contributed by atoms with van der Waals surface area (Å²) in [6.07, 6.45) is 0. The Balaban J connectivity index is 1.97. The highest BCUT2D eigenvalue weighted by Gasteiger charge is 2.22. The van der Waals surface area contributed by atoms with Crippen LogP contribution in [0.1, 0.15) is 24.2 Å². The molecule has 3 N–H and O–H groups in total. The molecule has 0 fully saturated rings. The number of benzene rings is 2. The third-order valence-electron chi connectivity index (χ3n) is 4.55. The third kappa shape index (κ3) is 6.74. The van der Waals surface area contributed by atoms with Crippen LogP contribution in [0, 0.1) is 0 Å². The Labute approximate surface area is 193 Å². The van der Waals surface area contributed by atoms with Gasteiger partial charge in [0.05, 0.1) is 23.4 Å². The second-order valence-corrected chi connectivity index (χ2v) is 10.3. The number of sulfonamides is 2. The molecule has 2 aromatic rings. The van der Waals surface area contributed by atoms with Crippen LogP contribution in [-0.2, 0) is 24.8 Å². The van der Waals surface area contributed by atoms with E-state index in [0.29, 0.717) is 5.75 Å². The molecule has 180 valence electrons. The van der Waals surface area contributed by atoms with Gasteiger partial charge < -0.3 is 4.74 Å². The smallest absolute Gasteiger partial charge is 0.269 e. The molecule has 33 heavy (non-hydrogen) atoms. The molecule has 2 rings (SSSR count). The van der Waals surface area contributed by atoms with Crippen LogP contribution in [0.4, 0.5) is 0 Å². The van der Waals surface area contributed by atoms with Gasteiger partial charge >= 0.3 is 0 Å². The number of hydrogen-bond donors (Lipinski definition) is 3. The Morgan fingerprint density at radius 1 is 0.909 bits per heavy atom. The molecule has 0 aliphatic heterocycles. The normalized spacial score (nSPS) is 11.8. The maximum Gasteiger partial charge on any atom is 0.269 e. The standard InChI is InChI=1S/C20H26N4O7S2/c1-4-24(5-2)33(29,30)18-8-6-7-15(13-18)20(26)23-22-19(25)14-21-32(27,28)17-11-9-16(31-3)10-12-17/h6-13,21H,4-5,14H2,1-3H3,(H,22,25)(H,23,26). The first-order chi connectivity index (χ1) is 15.5. The Hall–Kier alpha value is -3.00. The van der Waals surface area contributed by atoms with Crippen LogP contribution in [0.3, 0.4) is 0 Å². The predicted molar refractivity (Wildman–Crippen MR) is 120 cm³/mol. The SMILES string of the molecule is CCN(CC)S(=O)(=O)c1cccc(C(=O)NNC(=O)CNS(=O)(=O)c2ccc(OC)cc2)c1. The van der Waals surface area contributed by atoms with E-state index in [0.717, 1.165) is 0 Å². The van der Waals surface area contributed by atoms with E-state index in [-0.39, 0.29) is 28.4 Å². The molecule has 13 heteroatoms. The maximum atomic E-state index is 12.6. The number of ether oxygens (including phenoxy) is 1. The van der Waals surface area contributed by atoms with Crippen molar-refractivity contribution in [2.45, 2.75) is 23.6 Å². The second kappa shape index (κ2) is 11.2. The quantitative estimate of drug-likeness (QED) is 0.403. The minimum atomic E-state index is -3.96. The number of methoxy groups -OCH3 is 1. The summed E-state index contributed by atoms with van der Waals surface area (Å²) in [6, 6.07) is 10.9. The first kappa shape index (κ1) is 26.3. The van der Waals surface area contributed by atoms with Crippen molar-refractivity contribution in [1.82, 2.24) is 19.9 Å². The molecule has 11 nitrogen and oxygen atoms in total. The molecule has 0 aliphatic carbocycles. The van der Waals surface area contributed by atoms with Crippen molar-refractivity contribution in [3.05, 3.63) is 54.1 Å². The molecule has 0 unspecified atom stereocenters. The van der Waals surface area contributed by atoms with Crippen LogP contribution in [0.5, 0.6) is 5.75 Å². The van der Waals surface area contributed by atoms with Crippen LogP contribution in [0.2, 0.25) is 0 Å².